The predicted octanol–water partition coefficient (Wildman–Crippen LogP) is 0.635. The second-order valence-corrected chi connectivity index (χ2v) is 5.89. The van der Waals surface area contributed by atoms with Gasteiger partial charge in [-0.05, 0) is 13.3 Å². The maximum absolute atomic E-state index is 10.4. The van der Waals surface area contributed by atoms with Crippen LogP contribution in [0.25, 0.3) is 0 Å². The Hall–Kier alpha value is -0.160. The Morgan fingerprint density at radius 3 is 2.67 bits per heavy atom. The lowest BCUT2D eigenvalue weighted by Crippen LogP contribution is -2.77. The topological polar surface area (TPSA) is 47.9 Å². The Morgan fingerprint density at radius 2 is 2.07 bits per heavy atom. The first-order valence-corrected chi connectivity index (χ1v) is 5.55. The van der Waals surface area contributed by atoms with Gasteiger partial charge in [-0.25, -0.2) is 0 Å². The normalized spacial score (nSPS) is 73.6. The molecule has 0 amide bonds. The Balaban J connectivity index is 1.97. The van der Waals surface area contributed by atoms with Crippen molar-refractivity contribution >= 4 is 0 Å². The van der Waals surface area contributed by atoms with E-state index in [2.05, 4.69) is 6.92 Å². The molecule has 0 spiro atoms. The van der Waals surface area contributed by atoms with Crippen molar-refractivity contribution in [1.82, 2.24) is 0 Å². The lowest BCUT2D eigenvalue weighted by Gasteiger charge is -2.66. The van der Waals surface area contributed by atoms with Crippen LogP contribution in [0.4, 0.5) is 0 Å². The van der Waals surface area contributed by atoms with Crippen LogP contribution in [0.1, 0.15) is 26.7 Å². The predicted molar refractivity (Wildman–Crippen MR) is 49.9 cm³/mol. The van der Waals surface area contributed by atoms with Crippen molar-refractivity contribution < 1.29 is 19.3 Å². The molecule has 0 aromatic carbocycles. The Bertz CT molecular complexity index is 372. The molecule has 6 atom stereocenters. The van der Waals surface area contributed by atoms with Crippen molar-refractivity contribution in [2.45, 2.75) is 50.0 Å². The van der Waals surface area contributed by atoms with Crippen LogP contribution in [-0.4, -0.2) is 35.5 Å². The maximum Gasteiger partial charge on any atom is 0.175 e. The van der Waals surface area contributed by atoms with E-state index in [4.69, 9.17) is 14.2 Å². The van der Waals surface area contributed by atoms with Crippen molar-refractivity contribution in [3.63, 3.8) is 0 Å². The molecule has 0 aromatic heterocycles. The largest absolute Gasteiger partial charge is 0.374 e. The molecular weight excluding hydrogens is 196 g/mol. The SMILES string of the molecule is CO[C@]12C[C@H]3[C@@]4(O)C[C@]1(C)OC(O4)[C@]32C. The first-order valence-electron chi connectivity index (χ1n) is 5.55. The summed E-state index contributed by atoms with van der Waals surface area (Å²) in [6, 6.07) is 0. The molecule has 0 aromatic rings. The second-order valence-electron chi connectivity index (χ2n) is 5.89. The molecule has 6 aliphatic rings. The van der Waals surface area contributed by atoms with Gasteiger partial charge in [0.05, 0.1) is 5.41 Å². The van der Waals surface area contributed by atoms with Gasteiger partial charge in [-0.3, -0.25) is 0 Å². The highest BCUT2D eigenvalue weighted by Gasteiger charge is 2.92. The summed E-state index contributed by atoms with van der Waals surface area (Å²) >= 11 is 0. The zero-order valence-electron chi connectivity index (χ0n) is 9.24. The summed E-state index contributed by atoms with van der Waals surface area (Å²) in [6.07, 6.45) is 1.09. The Kier molecular flexibility index (Phi) is 1.12. The molecule has 3 aliphatic heterocycles. The van der Waals surface area contributed by atoms with Crippen LogP contribution in [0.15, 0.2) is 0 Å². The smallest absolute Gasteiger partial charge is 0.175 e. The molecule has 15 heavy (non-hydrogen) atoms. The molecule has 3 heterocycles. The molecule has 4 nitrogen and oxygen atoms in total. The number of hydrogen-bond donors (Lipinski definition) is 1. The van der Waals surface area contributed by atoms with Crippen molar-refractivity contribution in [3.05, 3.63) is 0 Å². The van der Waals surface area contributed by atoms with Crippen LogP contribution in [0.2, 0.25) is 0 Å². The molecule has 3 aliphatic carbocycles. The van der Waals surface area contributed by atoms with Gasteiger partial charge >= 0.3 is 0 Å². The molecule has 1 N–H and O–H groups in total. The van der Waals surface area contributed by atoms with E-state index in [0.717, 1.165) is 6.42 Å². The van der Waals surface area contributed by atoms with E-state index in [1.165, 1.54) is 0 Å². The maximum atomic E-state index is 10.4. The third kappa shape index (κ3) is 0.542. The van der Waals surface area contributed by atoms with E-state index in [1.54, 1.807) is 7.11 Å². The van der Waals surface area contributed by atoms with E-state index >= 15 is 0 Å². The van der Waals surface area contributed by atoms with Gasteiger partial charge in [0.15, 0.2) is 12.1 Å². The average Bonchev–Trinajstić information content (AvgIpc) is 2.28. The third-order valence-corrected chi connectivity index (χ3v) is 5.59. The summed E-state index contributed by atoms with van der Waals surface area (Å²) in [6.45, 7) is 4.16. The fraction of sp³-hybridized carbons (Fsp3) is 1.00. The molecule has 4 heteroatoms. The zero-order chi connectivity index (χ0) is 10.7. The van der Waals surface area contributed by atoms with E-state index in [-0.39, 0.29) is 28.8 Å². The van der Waals surface area contributed by atoms with Gasteiger partial charge < -0.3 is 19.3 Å². The lowest BCUT2D eigenvalue weighted by molar-refractivity contribution is -0.385. The molecule has 6 bridgehead atoms. The van der Waals surface area contributed by atoms with Crippen molar-refractivity contribution in [3.8, 4) is 0 Å². The summed E-state index contributed by atoms with van der Waals surface area (Å²) in [4.78, 5) is 0. The molecule has 84 valence electrons. The third-order valence-electron chi connectivity index (χ3n) is 5.59. The van der Waals surface area contributed by atoms with Crippen molar-refractivity contribution in [2.24, 2.45) is 11.3 Å². The summed E-state index contributed by atoms with van der Waals surface area (Å²) < 4.78 is 17.4. The lowest BCUT2D eigenvalue weighted by atomic mass is 9.41. The number of aliphatic hydroxyl groups is 1. The van der Waals surface area contributed by atoms with Crippen molar-refractivity contribution in [2.75, 3.05) is 7.11 Å². The molecule has 3 saturated carbocycles. The van der Waals surface area contributed by atoms with E-state index in [9.17, 15) is 5.11 Å². The minimum Gasteiger partial charge on any atom is -0.374 e. The Labute approximate surface area is 88.5 Å². The van der Waals surface area contributed by atoms with Gasteiger partial charge in [-0.1, -0.05) is 6.92 Å². The van der Waals surface area contributed by atoms with E-state index in [0.29, 0.717) is 6.42 Å². The average molecular weight is 212 g/mol. The fourth-order valence-corrected chi connectivity index (χ4v) is 4.86. The summed E-state index contributed by atoms with van der Waals surface area (Å²) in [7, 11) is 1.74. The van der Waals surface area contributed by atoms with Crippen molar-refractivity contribution in [1.29, 1.82) is 0 Å². The summed E-state index contributed by atoms with van der Waals surface area (Å²) in [5, 5.41) is 10.4. The molecular formula is C11H16O4. The second kappa shape index (κ2) is 1.88. The number of methoxy groups -OCH3 is 1. The van der Waals surface area contributed by atoms with E-state index < -0.39 is 5.79 Å². The number of rotatable bonds is 1. The van der Waals surface area contributed by atoms with Crippen LogP contribution in [0.5, 0.6) is 0 Å². The van der Waals surface area contributed by atoms with Crippen LogP contribution in [0.3, 0.4) is 0 Å². The fourth-order valence-electron chi connectivity index (χ4n) is 4.86. The minimum absolute atomic E-state index is 0.163. The summed E-state index contributed by atoms with van der Waals surface area (Å²) in [5.41, 5.74) is -0.801. The standard InChI is InChI=1S/C11H16O4/c1-8-5-10(12)6-4-11(8,13-3)9(6,2)7(14-8)15-10/h6-7,12H,4-5H2,1-3H3/t6-,7?,8+,9+,10-,11-/m1/s1. The van der Waals surface area contributed by atoms with E-state index in [1.807, 2.05) is 6.92 Å². The van der Waals surface area contributed by atoms with Crippen LogP contribution in [0, 0.1) is 11.3 Å². The van der Waals surface area contributed by atoms with Gasteiger partial charge in [-0.15, -0.1) is 0 Å². The highest BCUT2D eigenvalue weighted by Crippen LogP contribution is 2.81. The number of hydrogen-bond acceptors (Lipinski definition) is 4. The molecule has 6 rings (SSSR count). The number of ether oxygens (including phenoxy) is 3. The monoisotopic (exact) mass is 212 g/mol. The van der Waals surface area contributed by atoms with Gasteiger partial charge in [0.25, 0.3) is 0 Å². The van der Waals surface area contributed by atoms with Crippen LogP contribution in [-0.2, 0) is 14.2 Å². The molecule has 1 unspecified atom stereocenters. The van der Waals surface area contributed by atoms with Gasteiger partial charge in [0.1, 0.15) is 11.2 Å². The van der Waals surface area contributed by atoms with Gasteiger partial charge in [0.2, 0.25) is 0 Å². The summed E-state index contributed by atoms with van der Waals surface area (Å²) in [5.74, 6) is -0.794. The Morgan fingerprint density at radius 1 is 1.33 bits per heavy atom. The molecule has 0 radical (unpaired) electrons. The first kappa shape index (κ1) is 8.93. The van der Waals surface area contributed by atoms with Gasteiger partial charge in [-0.2, -0.15) is 0 Å². The minimum atomic E-state index is -0.966. The van der Waals surface area contributed by atoms with Crippen LogP contribution >= 0.6 is 0 Å². The van der Waals surface area contributed by atoms with Crippen LogP contribution < -0.4 is 0 Å². The highest BCUT2D eigenvalue weighted by atomic mass is 16.8. The zero-order valence-corrected chi connectivity index (χ0v) is 9.24. The molecule has 3 saturated heterocycles. The first-order chi connectivity index (χ1) is 6.92. The quantitative estimate of drug-likeness (QED) is 0.692. The molecule has 6 fully saturated rings. The highest BCUT2D eigenvalue weighted by molar-refractivity contribution is 5.35. The van der Waals surface area contributed by atoms with Gasteiger partial charge in [0, 0.05) is 19.4 Å².